The van der Waals surface area contributed by atoms with Crippen molar-refractivity contribution in [1.29, 1.82) is 0 Å². The molecular weight excluding hydrogens is 247 g/mol. The van der Waals surface area contributed by atoms with Gasteiger partial charge in [-0.05, 0) is 24.3 Å². The topological polar surface area (TPSA) is 66.0 Å². The van der Waals surface area contributed by atoms with E-state index in [0.29, 0.717) is 16.9 Å². The van der Waals surface area contributed by atoms with Crippen molar-refractivity contribution >= 4 is 17.1 Å². The number of hydrogen-bond donors (Lipinski definition) is 1. The normalized spacial score (nSPS) is 10.8. The summed E-state index contributed by atoms with van der Waals surface area (Å²) in [6, 6.07) is 7.94. The van der Waals surface area contributed by atoms with Crippen molar-refractivity contribution in [3.8, 4) is 11.4 Å². The molecule has 2 N–H and O–H groups in total. The van der Waals surface area contributed by atoms with Crippen LogP contribution in [0.4, 0.5) is 10.3 Å². The largest absolute Gasteiger partial charge is 0.497 e. The minimum atomic E-state index is -0.419. The Morgan fingerprint density at radius 1 is 1.32 bits per heavy atom. The lowest BCUT2D eigenvalue weighted by Gasteiger charge is -2.09. The first-order chi connectivity index (χ1) is 9.20. The molecule has 3 aromatic rings. The van der Waals surface area contributed by atoms with Crippen LogP contribution in [0.2, 0.25) is 0 Å². The van der Waals surface area contributed by atoms with Gasteiger partial charge in [0.2, 0.25) is 5.95 Å². The number of benzene rings is 1. The molecule has 0 amide bonds. The lowest BCUT2D eigenvalue weighted by Crippen LogP contribution is -2.04. The smallest absolute Gasteiger partial charge is 0.207 e. The van der Waals surface area contributed by atoms with E-state index in [0.717, 1.165) is 0 Å². The van der Waals surface area contributed by atoms with Gasteiger partial charge >= 0.3 is 0 Å². The average molecular weight is 258 g/mol. The van der Waals surface area contributed by atoms with Crippen LogP contribution in [0.1, 0.15) is 0 Å². The van der Waals surface area contributed by atoms with Gasteiger partial charge in [-0.1, -0.05) is 0 Å². The number of fused-ring (bicyclic) bond motifs is 1. The number of hydrogen-bond acceptors (Lipinski definition) is 4. The van der Waals surface area contributed by atoms with E-state index < -0.39 is 5.82 Å². The van der Waals surface area contributed by atoms with Crippen LogP contribution in [0.5, 0.6) is 5.75 Å². The number of aromatic nitrogens is 3. The standard InChI is InChI=1S/C13H11FN4O/c1-19-8-4-5-9(14)11(7-8)18-12-10(17-13(18)15)3-2-6-16-12/h2-7H,1H3,(H2,15,17). The fourth-order valence-electron chi connectivity index (χ4n) is 1.96. The molecule has 0 saturated carbocycles. The number of nitrogens with zero attached hydrogens (tertiary/aromatic N) is 3. The Balaban J connectivity index is 2.32. The molecule has 0 atom stereocenters. The monoisotopic (exact) mass is 258 g/mol. The highest BCUT2D eigenvalue weighted by atomic mass is 19.1. The minimum absolute atomic E-state index is 0.181. The number of halogens is 1. The Hall–Kier alpha value is -2.63. The van der Waals surface area contributed by atoms with E-state index >= 15 is 0 Å². The number of pyridine rings is 1. The Kier molecular flexibility index (Phi) is 2.56. The van der Waals surface area contributed by atoms with E-state index in [1.54, 1.807) is 30.5 Å². The second-order valence-electron chi connectivity index (χ2n) is 3.97. The van der Waals surface area contributed by atoms with Crippen molar-refractivity contribution in [2.45, 2.75) is 0 Å². The van der Waals surface area contributed by atoms with Crippen LogP contribution in [0.15, 0.2) is 36.5 Å². The molecule has 0 radical (unpaired) electrons. The highest BCUT2D eigenvalue weighted by Crippen LogP contribution is 2.26. The van der Waals surface area contributed by atoms with Gasteiger partial charge in [0.05, 0.1) is 12.8 Å². The molecule has 5 nitrogen and oxygen atoms in total. The second kappa shape index (κ2) is 4.24. The summed E-state index contributed by atoms with van der Waals surface area (Å²) in [6.07, 6.45) is 1.61. The number of ether oxygens (including phenoxy) is 1. The lowest BCUT2D eigenvalue weighted by atomic mass is 10.3. The van der Waals surface area contributed by atoms with Gasteiger partial charge in [-0.3, -0.25) is 4.57 Å². The summed E-state index contributed by atoms with van der Waals surface area (Å²) in [4.78, 5) is 8.34. The van der Waals surface area contributed by atoms with Crippen molar-refractivity contribution in [1.82, 2.24) is 14.5 Å². The molecule has 3 rings (SSSR count). The van der Waals surface area contributed by atoms with Crippen molar-refractivity contribution in [3.05, 3.63) is 42.3 Å². The third-order valence-corrected chi connectivity index (χ3v) is 2.84. The molecular formula is C13H11FN4O. The quantitative estimate of drug-likeness (QED) is 0.764. The molecule has 0 bridgehead atoms. The predicted octanol–water partition coefficient (Wildman–Crippen LogP) is 2.15. The van der Waals surface area contributed by atoms with Gasteiger partial charge in [-0.25, -0.2) is 14.4 Å². The number of imidazole rings is 1. The SMILES string of the molecule is COc1ccc(F)c(-n2c(N)nc3cccnc32)c1. The molecule has 2 heterocycles. The van der Waals surface area contributed by atoms with Crippen molar-refractivity contribution in [3.63, 3.8) is 0 Å². The first-order valence-corrected chi connectivity index (χ1v) is 5.63. The molecule has 1 aromatic carbocycles. The molecule has 0 saturated heterocycles. The van der Waals surface area contributed by atoms with E-state index in [2.05, 4.69) is 9.97 Å². The second-order valence-corrected chi connectivity index (χ2v) is 3.97. The Morgan fingerprint density at radius 3 is 2.95 bits per heavy atom. The summed E-state index contributed by atoms with van der Waals surface area (Å²) in [7, 11) is 1.52. The molecule has 19 heavy (non-hydrogen) atoms. The van der Waals surface area contributed by atoms with Crippen LogP contribution in [0.3, 0.4) is 0 Å². The highest BCUT2D eigenvalue weighted by Gasteiger charge is 2.14. The summed E-state index contributed by atoms with van der Waals surface area (Å²) in [6.45, 7) is 0. The van der Waals surface area contributed by atoms with Crippen LogP contribution in [0.25, 0.3) is 16.9 Å². The average Bonchev–Trinajstić information content (AvgIpc) is 2.75. The van der Waals surface area contributed by atoms with E-state index in [4.69, 9.17) is 10.5 Å². The van der Waals surface area contributed by atoms with Gasteiger partial charge in [0.15, 0.2) is 5.65 Å². The van der Waals surface area contributed by atoms with Crippen molar-refractivity contribution in [2.75, 3.05) is 12.8 Å². The first-order valence-electron chi connectivity index (χ1n) is 5.63. The van der Waals surface area contributed by atoms with Crippen LogP contribution in [0, 0.1) is 5.82 Å². The van der Waals surface area contributed by atoms with Gasteiger partial charge < -0.3 is 10.5 Å². The number of nitrogens with two attached hydrogens (primary N) is 1. The zero-order valence-corrected chi connectivity index (χ0v) is 10.2. The maximum Gasteiger partial charge on any atom is 0.207 e. The fourth-order valence-corrected chi connectivity index (χ4v) is 1.96. The third kappa shape index (κ3) is 1.77. The molecule has 6 heteroatoms. The number of rotatable bonds is 2. The summed E-state index contributed by atoms with van der Waals surface area (Å²) in [5, 5.41) is 0. The Morgan fingerprint density at radius 2 is 2.16 bits per heavy atom. The van der Waals surface area contributed by atoms with E-state index in [1.165, 1.54) is 17.7 Å². The molecule has 0 aliphatic carbocycles. The summed E-state index contributed by atoms with van der Waals surface area (Å²) in [5.74, 6) is 0.298. The molecule has 0 aliphatic rings. The number of nitrogen functional groups attached to an aromatic ring is 1. The Bertz CT molecular complexity index is 753. The molecule has 96 valence electrons. The molecule has 0 aliphatic heterocycles. The number of anilines is 1. The molecule has 0 unspecified atom stereocenters. The van der Waals surface area contributed by atoms with E-state index in [-0.39, 0.29) is 11.6 Å². The van der Waals surface area contributed by atoms with E-state index in [1.807, 2.05) is 0 Å². The molecule has 0 fully saturated rings. The first kappa shape index (κ1) is 11.5. The lowest BCUT2D eigenvalue weighted by molar-refractivity contribution is 0.413. The van der Waals surface area contributed by atoms with Crippen LogP contribution in [-0.4, -0.2) is 21.6 Å². The summed E-state index contributed by atoms with van der Waals surface area (Å²) < 4.78 is 20.6. The van der Waals surface area contributed by atoms with Crippen molar-refractivity contribution < 1.29 is 9.13 Å². The maximum atomic E-state index is 14.0. The highest BCUT2D eigenvalue weighted by molar-refractivity contribution is 5.76. The fraction of sp³-hybridized carbons (Fsp3) is 0.0769. The van der Waals surface area contributed by atoms with Gasteiger partial charge in [-0.2, -0.15) is 0 Å². The molecule has 0 spiro atoms. The summed E-state index contributed by atoms with van der Waals surface area (Å²) >= 11 is 0. The predicted molar refractivity (Wildman–Crippen MR) is 69.8 cm³/mol. The minimum Gasteiger partial charge on any atom is -0.497 e. The van der Waals surface area contributed by atoms with Gasteiger partial charge in [-0.15, -0.1) is 0 Å². The van der Waals surface area contributed by atoms with Crippen LogP contribution in [-0.2, 0) is 0 Å². The zero-order chi connectivity index (χ0) is 13.4. The molecule has 2 aromatic heterocycles. The van der Waals surface area contributed by atoms with Gasteiger partial charge in [0.1, 0.15) is 17.1 Å². The Labute approximate surface area is 108 Å². The van der Waals surface area contributed by atoms with Crippen molar-refractivity contribution in [2.24, 2.45) is 0 Å². The van der Waals surface area contributed by atoms with E-state index in [9.17, 15) is 4.39 Å². The number of methoxy groups -OCH3 is 1. The van der Waals surface area contributed by atoms with Gasteiger partial charge in [0, 0.05) is 12.3 Å². The van der Waals surface area contributed by atoms with Crippen LogP contribution < -0.4 is 10.5 Å². The maximum absolute atomic E-state index is 14.0. The van der Waals surface area contributed by atoms with Gasteiger partial charge in [0.25, 0.3) is 0 Å². The zero-order valence-electron chi connectivity index (χ0n) is 10.2. The summed E-state index contributed by atoms with van der Waals surface area (Å²) in [5.41, 5.74) is 7.23. The third-order valence-electron chi connectivity index (χ3n) is 2.84. The van der Waals surface area contributed by atoms with Crippen LogP contribution >= 0.6 is 0 Å².